The third kappa shape index (κ3) is 4.31. The Morgan fingerprint density at radius 1 is 1.33 bits per heavy atom. The first-order valence-electron chi connectivity index (χ1n) is 10.4. The number of rotatable bonds is 6. The van der Waals surface area contributed by atoms with Crippen molar-refractivity contribution in [2.75, 3.05) is 12.4 Å². The maximum atomic E-state index is 11.9. The molecule has 0 unspecified atom stereocenters. The topological polar surface area (TPSA) is 165 Å². The van der Waals surface area contributed by atoms with E-state index in [-0.39, 0.29) is 23.5 Å². The van der Waals surface area contributed by atoms with Crippen molar-refractivity contribution >= 4 is 23.6 Å². The Morgan fingerprint density at radius 2 is 2.18 bits per heavy atom. The minimum Gasteiger partial charge on any atom is -0.493 e. The van der Waals surface area contributed by atoms with Gasteiger partial charge in [0, 0.05) is 24.4 Å². The van der Waals surface area contributed by atoms with Crippen molar-refractivity contribution in [3.8, 4) is 5.88 Å². The maximum absolute atomic E-state index is 11.9. The van der Waals surface area contributed by atoms with E-state index in [1.807, 2.05) is 12.1 Å². The molecular weight excluding hydrogens is 426 g/mol. The van der Waals surface area contributed by atoms with E-state index in [9.17, 15) is 14.7 Å². The van der Waals surface area contributed by atoms with Crippen LogP contribution in [-0.4, -0.2) is 53.7 Å². The minimum absolute atomic E-state index is 0.162. The predicted octanol–water partition coefficient (Wildman–Crippen LogP) is -0.571. The molecule has 0 aliphatic heterocycles. The number of hydrogen-bond donors (Lipinski definition) is 5. The Morgan fingerprint density at radius 3 is 2.91 bits per heavy atom. The fourth-order valence-corrected chi connectivity index (χ4v) is 3.31. The van der Waals surface area contributed by atoms with Crippen molar-refractivity contribution in [1.82, 2.24) is 34.9 Å². The molecule has 1 saturated carbocycles. The second-order valence-corrected chi connectivity index (χ2v) is 7.66. The summed E-state index contributed by atoms with van der Waals surface area (Å²) < 4.78 is 1.53. The van der Waals surface area contributed by atoms with Gasteiger partial charge in [-0.25, -0.2) is 9.79 Å². The van der Waals surface area contributed by atoms with Gasteiger partial charge in [0.05, 0.1) is 12.2 Å². The Labute approximate surface area is 186 Å². The number of aromatic hydroxyl groups is 1. The second-order valence-electron chi connectivity index (χ2n) is 7.66. The summed E-state index contributed by atoms with van der Waals surface area (Å²) in [6, 6.07) is 7.46. The molecule has 12 nitrogen and oxygen atoms in total. The number of benzene rings is 1. The number of carbonyl (C=O) groups is 1. The smallest absolute Gasteiger partial charge is 0.326 e. The van der Waals surface area contributed by atoms with Crippen LogP contribution in [0.5, 0.6) is 5.88 Å². The Balaban J connectivity index is 1.53. The highest BCUT2D eigenvalue weighted by atomic mass is 16.3. The summed E-state index contributed by atoms with van der Waals surface area (Å²) in [6.45, 7) is 0.392. The normalized spacial score (nSPS) is 14.7. The summed E-state index contributed by atoms with van der Waals surface area (Å²) >= 11 is 0. The van der Waals surface area contributed by atoms with Crippen molar-refractivity contribution in [3.63, 3.8) is 0 Å². The standard InChI is InChI=1S/C21H21N9O3/c1-22-17(31)12-4-2-3-11(7-12)9-23-19-27-16-13(8-15-18(32)28-21(33)26-15)10-24-30(16)20(29-19)25-14-5-6-14/h2-4,7-8,10,14,32H,5-6,9H2,1H3,(H,22,31)(H,23,25,29)(H2,26,28,33). The molecule has 3 heterocycles. The Bertz CT molecular complexity index is 1530. The summed E-state index contributed by atoms with van der Waals surface area (Å²) in [6.07, 6.45) is 5.13. The zero-order valence-corrected chi connectivity index (χ0v) is 17.7. The third-order valence-corrected chi connectivity index (χ3v) is 5.13. The van der Waals surface area contributed by atoms with Gasteiger partial charge in [-0.2, -0.15) is 19.6 Å². The summed E-state index contributed by atoms with van der Waals surface area (Å²) in [5.74, 6) is -0.0923. The van der Waals surface area contributed by atoms with Gasteiger partial charge in [0.1, 0.15) is 5.69 Å². The minimum atomic E-state index is -0.518. The van der Waals surface area contributed by atoms with Gasteiger partial charge in [0.2, 0.25) is 11.8 Å². The molecular formula is C21H21N9O3. The number of carbonyl (C=O) groups excluding carboxylic acids is 1. The fraction of sp³-hybridized carbons (Fsp3) is 0.238. The lowest BCUT2D eigenvalue weighted by Crippen LogP contribution is -2.24. The van der Waals surface area contributed by atoms with Gasteiger partial charge in [0.15, 0.2) is 5.65 Å². The lowest BCUT2D eigenvalue weighted by atomic mass is 10.1. The van der Waals surface area contributed by atoms with Crippen LogP contribution >= 0.6 is 0 Å². The molecule has 0 saturated heterocycles. The highest BCUT2D eigenvalue weighted by Crippen LogP contribution is 2.22. The van der Waals surface area contributed by atoms with E-state index in [1.165, 1.54) is 4.52 Å². The fourth-order valence-electron chi connectivity index (χ4n) is 3.31. The van der Waals surface area contributed by atoms with Crippen LogP contribution in [0, 0.1) is 0 Å². The van der Waals surface area contributed by atoms with Crippen LogP contribution < -0.4 is 27.2 Å². The molecule has 0 bridgehead atoms. The van der Waals surface area contributed by atoms with E-state index in [0.717, 1.165) is 18.4 Å². The molecule has 1 aromatic carbocycles. The molecule has 0 atom stereocenters. The van der Waals surface area contributed by atoms with E-state index >= 15 is 0 Å². The SMILES string of the molecule is CNC(=O)c1cccc(CNc2nc(=NC3CC3)n3ncc(=Cc4[nH]c(=O)[nH]c4O)c3n2)c1. The van der Waals surface area contributed by atoms with Gasteiger partial charge in [0.25, 0.3) is 11.5 Å². The number of fused-ring (bicyclic) bond motifs is 1. The molecule has 12 heteroatoms. The molecule has 3 aromatic heterocycles. The zero-order valence-electron chi connectivity index (χ0n) is 17.7. The van der Waals surface area contributed by atoms with Crippen molar-refractivity contribution in [3.05, 3.63) is 68.6 Å². The summed E-state index contributed by atoms with van der Waals surface area (Å²) in [7, 11) is 1.59. The van der Waals surface area contributed by atoms with Crippen LogP contribution in [0.1, 0.15) is 34.5 Å². The molecule has 168 valence electrons. The molecule has 1 amide bonds. The first-order chi connectivity index (χ1) is 16.0. The number of hydrogen-bond acceptors (Lipinski definition) is 8. The highest BCUT2D eigenvalue weighted by molar-refractivity contribution is 5.94. The van der Waals surface area contributed by atoms with E-state index in [0.29, 0.717) is 34.5 Å². The average molecular weight is 447 g/mol. The number of amides is 1. The van der Waals surface area contributed by atoms with E-state index < -0.39 is 5.69 Å². The van der Waals surface area contributed by atoms with Gasteiger partial charge in [-0.15, -0.1) is 0 Å². The lowest BCUT2D eigenvalue weighted by molar-refractivity contribution is 0.0963. The van der Waals surface area contributed by atoms with Crippen LogP contribution in [0.15, 0.2) is 40.2 Å². The Kier molecular flexibility index (Phi) is 5.09. The number of nitrogens with zero attached hydrogens (tertiary/aromatic N) is 5. The quantitative estimate of drug-likeness (QED) is 0.264. The van der Waals surface area contributed by atoms with Crippen molar-refractivity contribution in [2.45, 2.75) is 25.4 Å². The average Bonchev–Trinajstić information content (AvgIpc) is 3.45. The van der Waals surface area contributed by atoms with Crippen LogP contribution in [0.3, 0.4) is 0 Å². The molecule has 5 N–H and O–H groups in total. The second kappa shape index (κ2) is 8.22. The van der Waals surface area contributed by atoms with Gasteiger partial charge < -0.3 is 20.7 Å². The third-order valence-electron chi connectivity index (χ3n) is 5.13. The number of imidazole rings is 1. The first-order valence-corrected chi connectivity index (χ1v) is 10.4. The number of nitrogens with one attached hydrogen (secondary N) is 4. The number of H-pyrrole nitrogens is 2. The first kappa shape index (κ1) is 20.4. The van der Waals surface area contributed by atoms with E-state index in [2.05, 4.69) is 40.7 Å². The van der Waals surface area contributed by atoms with Crippen molar-refractivity contribution in [2.24, 2.45) is 4.99 Å². The van der Waals surface area contributed by atoms with Crippen molar-refractivity contribution < 1.29 is 9.90 Å². The molecule has 33 heavy (non-hydrogen) atoms. The van der Waals surface area contributed by atoms with Gasteiger partial charge in [-0.1, -0.05) is 12.1 Å². The molecule has 1 fully saturated rings. The molecule has 5 rings (SSSR count). The lowest BCUT2D eigenvalue weighted by Gasteiger charge is -2.07. The van der Waals surface area contributed by atoms with E-state index in [1.54, 1.807) is 31.5 Å². The Hall–Kier alpha value is -4.48. The summed E-state index contributed by atoms with van der Waals surface area (Å²) in [5, 5.41) is 20.6. The number of anilines is 1. The maximum Gasteiger partial charge on any atom is 0.326 e. The van der Waals surface area contributed by atoms with Gasteiger partial charge in [-0.3, -0.25) is 9.78 Å². The zero-order chi connectivity index (χ0) is 22.9. The molecule has 1 aliphatic rings. The van der Waals surface area contributed by atoms with Gasteiger partial charge in [-0.05, 0) is 36.6 Å². The van der Waals surface area contributed by atoms with Gasteiger partial charge >= 0.3 is 5.69 Å². The van der Waals surface area contributed by atoms with Crippen molar-refractivity contribution in [1.29, 1.82) is 0 Å². The molecule has 4 aromatic rings. The largest absolute Gasteiger partial charge is 0.493 e. The number of aromatic nitrogens is 6. The highest BCUT2D eigenvalue weighted by Gasteiger charge is 2.21. The molecule has 0 radical (unpaired) electrons. The van der Waals surface area contributed by atoms with Crippen LogP contribution in [0.25, 0.3) is 11.7 Å². The monoisotopic (exact) mass is 447 g/mol. The van der Waals surface area contributed by atoms with Crippen LogP contribution in [0.2, 0.25) is 0 Å². The summed E-state index contributed by atoms with van der Waals surface area (Å²) in [5.41, 5.74) is 2.02. The molecule has 1 aliphatic carbocycles. The number of aromatic amines is 2. The predicted molar refractivity (Wildman–Crippen MR) is 118 cm³/mol. The summed E-state index contributed by atoms with van der Waals surface area (Å²) in [4.78, 5) is 41.9. The van der Waals surface area contributed by atoms with Crippen LogP contribution in [0.4, 0.5) is 5.95 Å². The van der Waals surface area contributed by atoms with E-state index in [4.69, 9.17) is 0 Å². The van der Waals surface area contributed by atoms with Crippen LogP contribution in [-0.2, 0) is 6.54 Å². The molecule has 0 spiro atoms.